The number of rotatable bonds is 4. The Hall–Kier alpha value is -1.65. The second-order valence-electron chi connectivity index (χ2n) is 4.78. The van der Waals surface area contributed by atoms with Crippen molar-refractivity contribution in [2.45, 2.75) is 19.3 Å². The fourth-order valence-corrected chi connectivity index (χ4v) is 2.15. The van der Waals surface area contributed by atoms with Crippen molar-refractivity contribution in [2.24, 2.45) is 5.92 Å². The summed E-state index contributed by atoms with van der Waals surface area (Å²) in [4.78, 5) is 17.8. The summed E-state index contributed by atoms with van der Waals surface area (Å²) in [5, 5.41) is 2.81. The summed E-state index contributed by atoms with van der Waals surface area (Å²) >= 11 is 0. The van der Waals surface area contributed by atoms with Crippen LogP contribution in [0.1, 0.15) is 29.6 Å². The van der Waals surface area contributed by atoms with Gasteiger partial charge in [-0.15, -0.1) is 0 Å². The van der Waals surface area contributed by atoms with Gasteiger partial charge in [-0.05, 0) is 24.8 Å². The van der Waals surface area contributed by atoms with E-state index in [1.54, 1.807) is 19.0 Å². The lowest BCUT2D eigenvalue weighted by atomic mass is 9.85. The van der Waals surface area contributed by atoms with Gasteiger partial charge in [0.15, 0.2) is 0 Å². The third kappa shape index (κ3) is 2.60. The topological polar surface area (TPSA) is 45.2 Å². The van der Waals surface area contributed by atoms with Crippen molar-refractivity contribution in [3.8, 4) is 0 Å². The number of hydrogen-bond donors (Lipinski definition) is 1. The first-order valence-electron chi connectivity index (χ1n) is 6.20. The third-order valence-corrected chi connectivity index (χ3v) is 3.43. The normalized spacial score (nSPS) is 15.1. The second-order valence-corrected chi connectivity index (χ2v) is 4.78. The molecule has 5 heteroatoms. The monoisotopic (exact) mass is 251 g/mol. The molecule has 0 aromatic carbocycles. The van der Waals surface area contributed by atoms with Gasteiger partial charge in [0.1, 0.15) is 11.6 Å². The first-order chi connectivity index (χ1) is 8.61. The Kier molecular flexibility index (Phi) is 3.79. The van der Waals surface area contributed by atoms with Gasteiger partial charge >= 0.3 is 0 Å². The van der Waals surface area contributed by atoms with E-state index < -0.39 is 5.82 Å². The average Bonchev–Trinajstić information content (AvgIpc) is 2.32. The molecule has 1 aromatic heterocycles. The predicted molar refractivity (Wildman–Crippen MR) is 68.0 cm³/mol. The maximum Gasteiger partial charge on any atom is 0.257 e. The summed E-state index contributed by atoms with van der Waals surface area (Å²) in [6.45, 7) is 0.735. The minimum Gasteiger partial charge on any atom is -0.372 e. The van der Waals surface area contributed by atoms with Crippen molar-refractivity contribution in [1.82, 2.24) is 9.88 Å². The standard InChI is InChI=1S/C13H18FN3O/c1-15-12-11(6-10(14)7-16-12)13(18)17(2)8-9-4-3-5-9/h6-7,9H,3-5,8H2,1-2H3,(H,15,16). The Morgan fingerprint density at radius 3 is 2.89 bits per heavy atom. The molecule has 1 heterocycles. The van der Waals surface area contributed by atoms with Crippen LogP contribution >= 0.6 is 0 Å². The summed E-state index contributed by atoms with van der Waals surface area (Å²) in [6, 6.07) is 1.23. The van der Waals surface area contributed by atoms with Gasteiger partial charge in [0, 0.05) is 20.6 Å². The van der Waals surface area contributed by atoms with Crippen LogP contribution in [-0.2, 0) is 0 Å². The molecule has 0 saturated heterocycles. The quantitative estimate of drug-likeness (QED) is 0.891. The van der Waals surface area contributed by atoms with Gasteiger partial charge in [-0.2, -0.15) is 0 Å². The number of carbonyl (C=O) groups excluding carboxylic acids is 1. The summed E-state index contributed by atoms with van der Waals surface area (Å²) in [6.07, 6.45) is 4.71. The van der Waals surface area contributed by atoms with E-state index >= 15 is 0 Å². The van der Waals surface area contributed by atoms with Crippen molar-refractivity contribution < 1.29 is 9.18 Å². The number of aromatic nitrogens is 1. The Labute approximate surface area is 106 Å². The average molecular weight is 251 g/mol. The van der Waals surface area contributed by atoms with Crippen LogP contribution in [0.15, 0.2) is 12.3 Å². The SMILES string of the molecule is CNc1ncc(F)cc1C(=O)N(C)CC1CCC1. The lowest BCUT2D eigenvalue weighted by Crippen LogP contribution is -2.34. The van der Waals surface area contributed by atoms with Crippen LogP contribution in [0.25, 0.3) is 0 Å². The number of nitrogens with zero attached hydrogens (tertiary/aromatic N) is 2. The van der Waals surface area contributed by atoms with Crippen molar-refractivity contribution in [2.75, 3.05) is 26.0 Å². The first kappa shape index (κ1) is 12.8. The molecule has 98 valence electrons. The zero-order valence-corrected chi connectivity index (χ0v) is 10.7. The lowest BCUT2D eigenvalue weighted by Gasteiger charge is -2.30. The molecule has 0 bridgehead atoms. The molecule has 1 aromatic rings. The highest BCUT2D eigenvalue weighted by Gasteiger charge is 2.23. The van der Waals surface area contributed by atoms with Gasteiger partial charge < -0.3 is 10.2 Å². The van der Waals surface area contributed by atoms with Crippen LogP contribution in [0.2, 0.25) is 0 Å². The molecule has 1 N–H and O–H groups in total. The molecule has 1 saturated carbocycles. The van der Waals surface area contributed by atoms with Crippen molar-refractivity contribution in [3.63, 3.8) is 0 Å². The fourth-order valence-electron chi connectivity index (χ4n) is 2.15. The molecule has 1 fully saturated rings. The largest absolute Gasteiger partial charge is 0.372 e. The molecule has 0 unspecified atom stereocenters. The number of anilines is 1. The van der Waals surface area contributed by atoms with Crippen LogP contribution in [0.4, 0.5) is 10.2 Å². The molecule has 4 nitrogen and oxygen atoms in total. The number of pyridine rings is 1. The molecule has 1 aliphatic carbocycles. The molecule has 0 atom stereocenters. The summed E-state index contributed by atoms with van der Waals surface area (Å²) < 4.78 is 13.2. The van der Waals surface area contributed by atoms with Gasteiger partial charge in [-0.1, -0.05) is 6.42 Å². The Bertz CT molecular complexity index is 446. The lowest BCUT2D eigenvalue weighted by molar-refractivity contribution is 0.0745. The van der Waals surface area contributed by atoms with Crippen LogP contribution < -0.4 is 5.32 Å². The maximum absolute atomic E-state index is 13.2. The minimum absolute atomic E-state index is 0.182. The van der Waals surface area contributed by atoms with E-state index in [1.807, 2.05) is 0 Å². The van der Waals surface area contributed by atoms with Crippen molar-refractivity contribution in [1.29, 1.82) is 0 Å². The van der Waals surface area contributed by atoms with Gasteiger partial charge in [0.05, 0.1) is 11.8 Å². The molecular weight excluding hydrogens is 233 g/mol. The Morgan fingerprint density at radius 2 is 2.33 bits per heavy atom. The molecule has 18 heavy (non-hydrogen) atoms. The highest BCUT2D eigenvalue weighted by Crippen LogP contribution is 2.27. The fraction of sp³-hybridized carbons (Fsp3) is 0.538. The molecule has 0 aliphatic heterocycles. The van der Waals surface area contributed by atoms with E-state index in [4.69, 9.17) is 0 Å². The summed E-state index contributed by atoms with van der Waals surface area (Å²) in [7, 11) is 3.42. The van der Waals surface area contributed by atoms with Gasteiger partial charge in [-0.3, -0.25) is 4.79 Å². The van der Waals surface area contributed by atoms with Crippen molar-refractivity contribution >= 4 is 11.7 Å². The zero-order valence-electron chi connectivity index (χ0n) is 10.7. The van der Waals surface area contributed by atoms with Gasteiger partial charge in [-0.25, -0.2) is 9.37 Å². The van der Waals surface area contributed by atoms with Crippen LogP contribution in [0, 0.1) is 11.7 Å². The number of hydrogen-bond acceptors (Lipinski definition) is 3. The van der Waals surface area contributed by atoms with E-state index in [-0.39, 0.29) is 5.91 Å². The third-order valence-electron chi connectivity index (χ3n) is 3.43. The summed E-state index contributed by atoms with van der Waals surface area (Å²) in [5.41, 5.74) is 0.291. The number of carbonyl (C=O) groups is 1. The molecular formula is C13H18FN3O. The van der Waals surface area contributed by atoms with Gasteiger partial charge in [0.2, 0.25) is 0 Å². The number of nitrogens with one attached hydrogen (secondary N) is 1. The second kappa shape index (κ2) is 5.33. The molecule has 1 aliphatic rings. The van der Waals surface area contributed by atoms with Gasteiger partial charge in [0.25, 0.3) is 5.91 Å². The zero-order chi connectivity index (χ0) is 13.1. The van der Waals surface area contributed by atoms with Crippen LogP contribution in [-0.4, -0.2) is 36.4 Å². The van der Waals surface area contributed by atoms with Crippen LogP contribution in [0.3, 0.4) is 0 Å². The predicted octanol–water partition coefficient (Wildman–Crippen LogP) is 2.13. The van der Waals surface area contributed by atoms with E-state index in [2.05, 4.69) is 10.3 Å². The molecule has 0 spiro atoms. The highest BCUT2D eigenvalue weighted by atomic mass is 19.1. The van der Waals surface area contributed by atoms with E-state index in [0.717, 1.165) is 12.7 Å². The number of amides is 1. The van der Waals surface area contributed by atoms with Crippen LogP contribution in [0.5, 0.6) is 0 Å². The smallest absolute Gasteiger partial charge is 0.257 e. The van der Waals surface area contributed by atoms with Crippen molar-refractivity contribution in [3.05, 3.63) is 23.6 Å². The molecule has 2 rings (SSSR count). The first-order valence-corrected chi connectivity index (χ1v) is 6.20. The molecule has 1 amide bonds. The van der Waals surface area contributed by atoms with E-state index in [1.165, 1.54) is 25.3 Å². The van der Waals surface area contributed by atoms with E-state index in [0.29, 0.717) is 17.3 Å². The summed E-state index contributed by atoms with van der Waals surface area (Å²) in [5.74, 6) is 0.341. The van der Waals surface area contributed by atoms with E-state index in [9.17, 15) is 9.18 Å². The minimum atomic E-state index is -0.491. The highest BCUT2D eigenvalue weighted by molar-refractivity contribution is 5.98. The maximum atomic E-state index is 13.2. The Morgan fingerprint density at radius 1 is 1.61 bits per heavy atom. The number of halogens is 1. The molecule has 0 radical (unpaired) electrons. The Balaban J connectivity index is 2.13.